The van der Waals surface area contributed by atoms with Gasteiger partial charge in [0.15, 0.2) is 11.9 Å². The van der Waals surface area contributed by atoms with E-state index in [-0.39, 0.29) is 11.8 Å². The van der Waals surface area contributed by atoms with Crippen LogP contribution in [0.2, 0.25) is 0 Å². The summed E-state index contributed by atoms with van der Waals surface area (Å²) in [7, 11) is 0. The van der Waals surface area contributed by atoms with Gasteiger partial charge in [0.1, 0.15) is 0 Å². The second-order valence-electron chi connectivity index (χ2n) is 6.72. The SMILES string of the molecule is Cc1cccc(N2C(=O)[C@H]3[C@H]4C=C[C@@](C5OCCO5)(O4)[C@H]3C2=O)c1. The van der Waals surface area contributed by atoms with Crippen molar-refractivity contribution in [2.24, 2.45) is 11.8 Å². The zero-order valence-electron chi connectivity index (χ0n) is 13.2. The largest absolute Gasteiger partial charge is 0.357 e. The summed E-state index contributed by atoms with van der Waals surface area (Å²) in [4.78, 5) is 27.4. The van der Waals surface area contributed by atoms with E-state index in [1.54, 1.807) is 6.07 Å². The van der Waals surface area contributed by atoms with Crippen LogP contribution in [0.25, 0.3) is 0 Å². The lowest BCUT2D eigenvalue weighted by Gasteiger charge is -2.32. The molecule has 1 aromatic rings. The third kappa shape index (κ3) is 1.65. The first-order valence-electron chi connectivity index (χ1n) is 8.17. The molecule has 0 spiro atoms. The Hall–Kier alpha value is -2.02. The summed E-state index contributed by atoms with van der Waals surface area (Å²) in [5.41, 5.74) is 0.624. The molecule has 0 unspecified atom stereocenters. The topological polar surface area (TPSA) is 65.1 Å². The fraction of sp³-hybridized carbons (Fsp3) is 0.444. The van der Waals surface area contributed by atoms with Crippen molar-refractivity contribution in [3.05, 3.63) is 42.0 Å². The molecule has 0 radical (unpaired) electrons. The normalized spacial score (nSPS) is 37.7. The zero-order valence-corrected chi connectivity index (χ0v) is 13.2. The molecule has 6 heteroatoms. The van der Waals surface area contributed by atoms with Crippen molar-refractivity contribution in [1.29, 1.82) is 0 Å². The number of benzene rings is 1. The van der Waals surface area contributed by atoms with E-state index in [1.807, 2.05) is 37.3 Å². The van der Waals surface area contributed by atoms with Crippen molar-refractivity contribution < 1.29 is 23.8 Å². The second-order valence-corrected chi connectivity index (χ2v) is 6.72. The highest BCUT2D eigenvalue weighted by atomic mass is 16.7. The number of carbonyl (C=O) groups is 2. The molecule has 24 heavy (non-hydrogen) atoms. The molecule has 0 N–H and O–H groups in total. The van der Waals surface area contributed by atoms with Gasteiger partial charge in [-0.15, -0.1) is 0 Å². The van der Waals surface area contributed by atoms with E-state index < -0.39 is 29.8 Å². The first-order chi connectivity index (χ1) is 11.6. The Kier molecular flexibility index (Phi) is 2.84. The first kappa shape index (κ1) is 14.3. The van der Waals surface area contributed by atoms with Crippen molar-refractivity contribution >= 4 is 17.5 Å². The molecule has 0 saturated carbocycles. The minimum Gasteiger partial charge on any atom is -0.357 e. The molecule has 4 atom stereocenters. The van der Waals surface area contributed by atoms with Crippen LogP contribution in [0.5, 0.6) is 0 Å². The smallest absolute Gasteiger partial charge is 0.241 e. The van der Waals surface area contributed by atoms with Gasteiger partial charge in [0.05, 0.1) is 36.8 Å². The first-order valence-corrected chi connectivity index (χ1v) is 8.17. The van der Waals surface area contributed by atoms with Gasteiger partial charge in [0.25, 0.3) is 0 Å². The maximum Gasteiger partial charge on any atom is 0.241 e. The number of hydrogen-bond acceptors (Lipinski definition) is 5. The van der Waals surface area contributed by atoms with Crippen molar-refractivity contribution in [2.45, 2.75) is 24.9 Å². The number of imide groups is 1. The van der Waals surface area contributed by atoms with Crippen LogP contribution in [0, 0.1) is 18.8 Å². The molecule has 4 aliphatic heterocycles. The predicted molar refractivity (Wildman–Crippen MR) is 83.1 cm³/mol. The van der Waals surface area contributed by atoms with Gasteiger partial charge in [-0.1, -0.05) is 18.2 Å². The number of aryl methyl sites for hydroxylation is 1. The molecular formula is C18H17NO5. The van der Waals surface area contributed by atoms with Gasteiger partial charge in [-0.25, -0.2) is 4.90 Å². The fourth-order valence-electron chi connectivity index (χ4n) is 4.35. The summed E-state index contributed by atoms with van der Waals surface area (Å²) >= 11 is 0. The molecule has 4 heterocycles. The molecule has 4 aliphatic rings. The summed E-state index contributed by atoms with van der Waals surface area (Å²) in [6.45, 7) is 2.87. The molecule has 6 nitrogen and oxygen atoms in total. The molecule has 5 rings (SSSR count). The Morgan fingerprint density at radius 2 is 1.96 bits per heavy atom. The van der Waals surface area contributed by atoms with Crippen LogP contribution in [0.15, 0.2) is 36.4 Å². The van der Waals surface area contributed by atoms with Gasteiger partial charge in [0, 0.05) is 0 Å². The fourth-order valence-corrected chi connectivity index (χ4v) is 4.35. The molecule has 2 bridgehead atoms. The maximum atomic E-state index is 13.1. The van der Waals surface area contributed by atoms with Crippen LogP contribution >= 0.6 is 0 Å². The number of nitrogens with zero attached hydrogens (tertiary/aromatic N) is 1. The van der Waals surface area contributed by atoms with Crippen molar-refractivity contribution in [2.75, 3.05) is 18.1 Å². The van der Waals surface area contributed by atoms with Gasteiger partial charge < -0.3 is 14.2 Å². The number of amides is 2. The quantitative estimate of drug-likeness (QED) is 0.603. The maximum absolute atomic E-state index is 13.1. The molecule has 0 aromatic heterocycles. The van der Waals surface area contributed by atoms with E-state index in [9.17, 15) is 9.59 Å². The van der Waals surface area contributed by atoms with Crippen LogP contribution < -0.4 is 4.90 Å². The molecule has 2 amide bonds. The van der Waals surface area contributed by atoms with Crippen molar-refractivity contribution in [1.82, 2.24) is 0 Å². The van der Waals surface area contributed by atoms with Crippen molar-refractivity contribution in [3.63, 3.8) is 0 Å². The Balaban J connectivity index is 1.57. The average Bonchev–Trinajstić information content (AvgIpc) is 3.31. The number of anilines is 1. The Morgan fingerprint density at radius 3 is 2.71 bits per heavy atom. The second kappa shape index (κ2) is 4.75. The lowest BCUT2D eigenvalue weighted by Crippen LogP contribution is -2.49. The van der Waals surface area contributed by atoms with E-state index in [0.29, 0.717) is 18.9 Å². The van der Waals surface area contributed by atoms with E-state index >= 15 is 0 Å². The van der Waals surface area contributed by atoms with E-state index in [0.717, 1.165) is 5.56 Å². The van der Waals surface area contributed by atoms with Gasteiger partial charge in [-0.3, -0.25) is 9.59 Å². The Morgan fingerprint density at radius 1 is 1.17 bits per heavy atom. The van der Waals surface area contributed by atoms with E-state index in [4.69, 9.17) is 14.2 Å². The summed E-state index contributed by atoms with van der Waals surface area (Å²) in [5.74, 6) is -1.54. The minimum atomic E-state index is -0.989. The van der Waals surface area contributed by atoms with Crippen LogP contribution in [-0.2, 0) is 23.8 Å². The third-order valence-corrected chi connectivity index (χ3v) is 5.33. The summed E-state index contributed by atoms with van der Waals surface area (Å²) in [6.07, 6.45) is 2.67. The number of hydrogen-bond donors (Lipinski definition) is 0. The van der Waals surface area contributed by atoms with Crippen molar-refractivity contribution in [3.8, 4) is 0 Å². The predicted octanol–water partition coefficient (Wildman–Crippen LogP) is 1.18. The Labute approximate surface area is 139 Å². The van der Waals surface area contributed by atoms with Crippen LogP contribution in [0.4, 0.5) is 5.69 Å². The van der Waals surface area contributed by atoms with Gasteiger partial charge in [-0.05, 0) is 30.7 Å². The standard InChI is InChI=1S/C18H17NO5/c1-10-3-2-4-11(9-10)19-15(20)13-12-5-6-18(24-12,14(13)16(19)21)17-22-7-8-23-17/h2-6,9,12-14,17H,7-8H2,1H3/t12-,13+,14-,18-/m1/s1. The third-order valence-electron chi connectivity index (χ3n) is 5.33. The van der Waals surface area contributed by atoms with E-state index in [1.165, 1.54) is 4.90 Å². The van der Waals surface area contributed by atoms with Crippen LogP contribution in [-0.4, -0.2) is 43.0 Å². The highest BCUT2D eigenvalue weighted by Crippen LogP contribution is 2.55. The van der Waals surface area contributed by atoms with Gasteiger partial charge in [-0.2, -0.15) is 0 Å². The molecule has 0 aliphatic carbocycles. The molecule has 1 aromatic carbocycles. The number of carbonyl (C=O) groups excluding carboxylic acids is 2. The van der Waals surface area contributed by atoms with Gasteiger partial charge >= 0.3 is 0 Å². The average molecular weight is 327 g/mol. The lowest BCUT2D eigenvalue weighted by molar-refractivity contribution is -0.180. The summed E-state index contributed by atoms with van der Waals surface area (Å²) in [6, 6.07) is 7.42. The molecule has 3 fully saturated rings. The van der Waals surface area contributed by atoms with Gasteiger partial charge in [0.2, 0.25) is 11.8 Å². The van der Waals surface area contributed by atoms with Crippen LogP contribution in [0.3, 0.4) is 0 Å². The Bertz CT molecular complexity index is 768. The molecule has 3 saturated heterocycles. The number of fused-ring (bicyclic) bond motifs is 5. The number of ether oxygens (including phenoxy) is 3. The minimum absolute atomic E-state index is 0.204. The number of rotatable bonds is 2. The summed E-state index contributed by atoms with van der Waals surface area (Å²) in [5, 5.41) is 0. The van der Waals surface area contributed by atoms with Crippen LogP contribution in [0.1, 0.15) is 5.56 Å². The monoisotopic (exact) mass is 327 g/mol. The highest BCUT2D eigenvalue weighted by molar-refractivity contribution is 6.23. The van der Waals surface area contributed by atoms with E-state index in [2.05, 4.69) is 0 Å². The zero-order chi connectivity index (χ0) is 16.5. The highest BCUT2D eigenvalue weighted by Gasteiger charge is 2.71. The summed E-state index contributed by atoms with van der Waals surface area (Å²) < 4.78 is 17.3. The lowest BCUT2D eigenvalue weighted by atomic mass is 9.76. The molecule has 124 valence electrons. The molecular weight excluding hydrogens is 310 g/mol.